The third-order valence-corrected chi connectivity index (χ3v) is 6.21. The summed E-state index contributed by atoms with van der Waals surface area (Å²) in [7, 11) is -3.24. The largest absolute Gasteiger partial charge is 0.326 e. The summed E-state index contributed by atoms with van der Waals surface area (Å²) in [5, 5.41) is 3.42. The van der Waals surface area contributed by atoms with E-state index in [1.807, 2.05) is 13.0 Å². The zero-order valence-corrected chi connectivity index (χ0v) is 14.4. The molecule has 1 unspecified atom stereocenters. The van der Waals surface area contributed by atoms with Crippen molar-refractivity contribution in [3.8, 4) is 0 Å². The van der Waals surface area contributed by atoms with Gasteiger partial charge in [-0.15, -0.1) is 0 Å². The van der Waals surface area contributed by atoms with E-state index in [1.54, 1.807) is 19.1 Å². The molecule has 1 N–H and O–H groups in total. The number of halogens is 1. The number of sulfonamides is 1. The Bertz CT molecular complexity index is 661. The van der Waals surface area contributed by atoms with Gasteiger partial charge < -0.3 is 5.32 Å². The van der Waals surface area contributed by atoms with Gasteiger partial charge in [-0.25, -0.2) is 12.7 Å². The Hall–Kier alpha value is -1.11. The average Bonchev–Trinajstić information content (AvgIpc) is 2.51. The smallest absolute Gasteiger partial charge is 0.228 e. The molecule has 122 valence electrons. The van der Waals surface area contributed by atoms with Gasteiger partial charge in [-0.3, -0.25) is 4.79 Å². The van der Waals surface area contributed by atoms with Crippen LogP contribution in [-0.4, -0.2) is 37.5 Å². The number of nitrogens with zero attached hydrogens (tertiary/aromatic N) is 1. The van der Waals surface area contributed by atoms with Crippen molar-refractivity contribution in [3.05, 3.63) is 28.8 Å². The summed E-state index contributed by atoms with van der Waals surface area (Å²) >= 11 is 6.05. The van der Waals surface area contributed by atoms with E-state index in [9.17, 15) is 13.2 Å². The minimum atomic E-state index is -3.24. The van der Waals surface area contributed by atoms with Crippen molar-refractivity contribution in [2.24, 2.45) is 5.92 Å². The van der Waals surface area contributed by atoms with Crippen LogP contribution in [0.1, 0.15) is 25.3 Å². The molecule has 1 aliphatic heterocycles. The Balaban J connectivity index is 2.04. The maximum absolute atomic E-state index is 12.3. The summed E-state index contributed by atoms with van der Waals surface area (Å²) in [6, 6.07) is 5.34. The molecule has 1 amide bonds. The van der Waals surface area contributed by atoms with Crippen LogP contribution in [0, 0.1) is 12.8 Å². The Kier molecular flexibility index (Phi) is 5.47. The molecule has 0 aromatic heterocycles. The van der Waals surface area contributed by atoms with E-state index in [2.05, 4.69) is 5.32 Å². The summed E-state index contributed by atoms with van der Waals surface area (Å²) in [5.74, 6) is -0.416. The minimum absolute atomic E-state index is 0.0644. The van der Waals surface area contributed by atoms with Crippen LogP contribution in [0.4, 0.5) is 5.69 Å². The third-order valence-electron chi connectivity index (χ3n) is 3.95. The van der Waals surface area contributed by atoms with Crippen LogP contribution >= 0.6 is 11.6 Å². The minimum Gasteiger partial charge on any atom is -0.326 e. The fraction of sp³-hybridized carbons (Fsp3) is 0.533. The molecule has 1 atom stereocenters. The summed E-state index contributed by atoms with van der Waals surface area (Å²) in [4.78, 5) is 12.3. The molecular weight excluding hydrogens is 324 g/mol. The van der Waals surface area contributed by atoms with Crippen molar-refractivity contribution >= 4 is 33.2 Å². The molecule has 1 heterocycles. The number of hydrogen-bond donors (Lipinski definition) is 1. The van der Waals surface area contributed by atoms with Gasteiger partial charge in [0.2, 0.25) is 15.9 Å². The van der Waals surface area contributed by atoms with E-state index in [-0.39, 0.29) is 24.1 Å². The van der Waals surface area contributed by atoms with E-state index in [1.165, 1.54) is 4.31 Å². The summed E-state index contributed by atoms with van der Waals surface area (Å²) < 4.78 is 25.3. The number of anilines is 1. The standard InChI is InChI=1S/C15H21ClN2O3S/c1-3-22(20,21)18-8-4-5-12(10-18)15(19)17-13-7-6-11(2)14(16)9-13/h6-7,9,12H,3-5,8,10H2,1-2H3,(H,17,19). The highest BCUT2D eigenvalue weighted by Gasteiger charge is 2.31. The van der Waals surface area contributed by atoms with Crippen LogP contribution in [0.3, 0.4) is 0 Å². The van der Waals surface area contributed by atoms with Crippen LogP contribution in [0.2, 0.25) is 5.02 Å². The molecule has 1 fully saturated rings. The molecule has 1 aliphatic rings. The normalized spacial score (nSPS) is 19.9. The molecular formula is C15H21ClN2O3S. The third kappa shape index (κ3) is 4.00. The summed E-state index contributed by atoms with van der Waals surface area (Å²) in [6.45, 7) is 4.26. The number of hydrogen-bond acceptors (Lipinski definition) is 3. The molecule has 1 aromatic rings. The van der Waals surface area contributed by atoms with E-state index >= 15 is 0 Å². The van der Waals surface area contributed by atoms with E-state index in [0.29, 0.717) is 30.1 Å². The average molecular weight is 345 g/mol. The van der Waals surface area contributed by atoms with Crippen LogP contribution in [0.15, 0.2) is 18.2 Å². The predicted octanol–water partition coefficient (Wildman–Crippen LogP) is 2.65. The monoisotopic (exact) mass is 344 g/mol. The fourth-order valence-corrected chi connectivity index (χ4v) is 3.87. The first kappa shape index (κ1) is 17.2. The van der Waals surface area contributed by atoms with Gasteiger partial charge >= 0.3 is 0 Å². The zero-order valence-electron chi connectivity index (χ0n) is 12.8. The second-order valence-corrected chi connectivity index (χ2v) is 8.22. The number of aryl methyl sites for hydroxylation is 1. The highest BCUT2D eigenvalue weighted by molar-refractivity contribution is 7.89. The van der Waals surface area contributed by atoms with Crippen molar-refractivity contribution in [2.75, 3.05) is 24.2 Å². The van der Waals surface area contributed by atoms with Gasteiger partial charge in [0.15, 0.2) is 0 Å². The number of benzene rings is 1. The molecule has 0 radical (unpaired) electrons. The van der Waals surface area contributed by atoms with Crippen molar-refractivity contribution < 1.29 is 13.2 Å². The number of nitrogens with one attached hydrogen (secondary N) is 1. The van der Waals surface area contributed by atoms with Gasteiger partial charge in [-0.2, -0.15) is 0 Å². The lowest BCUT2D eigenvalue weighted by molar-refractivity contribution is -0.120. The number of carbonyl (C=O) groups excluding carboxylic acids is 1. The molecule has 7 heteroatoms. The topological polar surface area (TPSA) is 66.5 Å². The van der Waals surface area contributed by atoms with E-state index < -0.39 is 10.0 Å². The van der Waals surface area contributed by atoms with E-state index in [4.69, 9.17) is 11.6 Å². The molecule has 1 aromatic carbocycles. The lowest BCUT2D eigenvalue weighted by atomic mass is 9.98. The SMILES string of the molecule is CCS(=O)(=O)N1CCCC(C(=O)Nc2ccc(C)c(Cl)c2)C1. The number of piperidine rings is 1. The van der Waals surface area contributed by atoms with Gasteiger partial charge in [-0.05, 0) is 44.4 Å². The first-order valence-corrected chi connectivity index (χ1v) is 9.37. The van der Waals surface area contributed by atoms with E-state index in [0.717, 1.165) is 5.56 Å². The summed E-state index contributed by atoms with van der Waals surface area (Å²) in [6.07, 6.45) is 1.40. The second-order valence-electron chi connectivity index (χ2n) is 5.55. The maximum Gasteiger partial charge on any atom is 0.228 e. The highest BCUT2D eigenvalue weighted by Crippen LogP contribution is 2.23. The van der Waals surface area contributed by atoms with Gasteiger partial charge in [0.05, 0.1) is 11.7 Å². The van der Waals surface area contributed by atoms with Crippen LogP contribution < -0.4 is 5.32 Å². The zero-order chi connectivity index (χ0) is 16.3. The Morgan fingerprint density at radius 1 is 1.45 bits per heavy atom. The van der Waals surface area contributed by atoms with Crippen molar-refractivity contribution in [1.82, 2.24) is 4.31 Å². The number of amides is 1. The van der Waals surface area contributed by atoms with Crippen LogP contribution in [0.5, 0.6) is 0 Å². The highest BCUT2D eigenvalue weighted by atomic mass is 35.5. The van der Waals surface area contributed by atoms with Crippen molar-refractivity contribution in [2.45, 2.75) is 26.7 Å². The molecule has 22 heavy (non-hydrogen) atoms. The van der Waals surface area contributed by atoms with Crippen molar-refractivity contribution in [3.63, 3.8) is 0 Å². The Morgan fingerprint density at radius 2 is 2.18 bits per heavy atom. The fourth-order valence-electron chi connectivity index (χ4n) is 2.51. The van der Waals surface area contributed by atoms with Gasteiger partial charge in [-0.1, -0.05) is 17.7 Å². The molecule has 0 bridgehead atoms. The van der Waals surface area contributed by atoms with Crippen molar-refractivity contribution in [1.29, 1.82) is 0 Å². The molecule has 1 saturated heterocycles. The Labute approximate surface area is 136 Å². The maximum atomic E-state index is 12.3. The molecule has 0 saturated carbocycles. The first-order valence-electron chi connectivity index (χ1n) is 7.38. The quantitative estimate of drug-likeness (QED) is 0.913. The summed E-state index contributed by atoms with van der Waals surface area (Å²) in [5.41, 5.74) is 1.58. The Morgan fingerprint density at radius 3 is 2.82 bits per heavy atom. The molecule has 5 nitrogen and oxygen atoms in total. The second kappa shape index (κ2) is 6.98. The van der Waals surface area contributed by atoms with Gasteiger partial charge in [0.25, 0.3) is 0 Å². The van der Waals surface area contributed by atoms with Crippen LogP contribution in [0.25, 0.3) is 0 Å². The first-order chi connectivity index (χ1) is 10.3. The molecule has 0 spiro atoms. The lowest BCUT2D eigenvalue weighted by Crippen LogP contribution is -2.44. The number of rotatable bonds is 4. The lowest BCUT2D eigenvalue weighted by Gasteiger charge is -2.30. The predicted molar refractivity (Wildman–Crippen MR) is 88.6 cm³/mol. The number of carbonyl (C=O) groups is 1. The molecule has 2 rings (SSSR count). The van der Waals surface area contributed by atoms with Crippen LogP contribution in [-0.2, 0) is 14.8 Å². The van der Waals surface area contributed by atoms with Gasteiger partial charge in [0, 0.05) is 23.8 Å². The van der Waals surface area contributed by atoms with Gasteiger partial charge in [0.1, 0.15) is 0 Å². The molecule has 0 aliphatic carbocycles.